The molecule has 0 radical (unpaired) electrons. The van der Waals surface area contributed by atoms with Crippen molar-refractivity contribution in [1.29, 1.82) is 0 Å². The molecule has 9 nitrogen and oxygen atoms in total. The van der Waals surface area contributed by atoms with E-state index in [1.165, 1.54) is 24.3 Å². The minimum absolute atomic E-state index is 0.0345. The summed E-state index contributed by atoms with van der Waals surface area (Å²) in [6.07, 6.45) is -17.6. The van der Waals surface area contributed by atoms with Gasteiger partial charge in [-0.25, -0.2) is 8.42 Å². The van der Waals surface area contributed by atoms with E-state index >= 15 is 0 Å². The van der Waals surface area contributed by atoms with Crippen molar-refractivity contribution in [2.75, 3.05) is 52.4 Å². The second kappa shape index (κ2) is 13.5. The Hall–Kier alpha value is -3.09. The van der Waals surface area contributed by atoms with Gasteiger partial charge in [0.2, 0.25) is 10.0 Å². The first kappa shape index (κ1) is 35.1. The van der Waals surface area contributed by atoms with Crippen molar-refractivity contribution < 1.29 is 62.3 Å². The van der Waals surface area contributed by atoms with Gasteiger partial charge in [0.25, 0.3) is 0 Å². The molecule has 1 aliphatic heterocycles. The van der Waals surface area contributed by atoms with Gasteiger partial charge in [-0.1, -0.05) is 17.7 Å². The smallest absolute Gasteiger partial charge is 0.333 e. The lowest BCUT2D eigenvalue weighted by Crippen LogP contribution is -2.51. The first-order valence-corrected chi connectivity index (χ1v) is 13.7. The number of amides is 3. The van der Waals surface area contributed by atoms with Gasteiger partial charge in [0.1, 0.15) is 0 Å². The summed E-state index contributed by atoms with van der Waals surface area (Å²) in [4.78, 5) is 35.9. The maximum absolute atomic E-state index is 13.3. The highest BCUT2D eigenvalue weighted by Gasteiger charge is 2.46. The predicted molar refractivity (Wildman–Crippen MR) is 127 cm³/mol. The van der Waals surface area contributed by atoms with Crippen LogP contribution in [0.4, 0.5) is 39.5 Å². The van der Waals surface area contributed by atoms with Gasteiger partial charge in [0.15, 0.2) is 0 Å². The van der Waals surface area contributed by atoms with Gasteiger partial charge in [-0.15, -0.1) is 0 Å². The minimum Gasteiger partial charge on any atom is -0.333 e. The largest absolute Gasteiger partial charge is 0.471 e. The molecule has 19 heteroatoms. The molecule has 238 valence electrons. The lowest BCUT2D eigenvalue weighted by atomic mass is 10.2. The fourth-order valence-corrected chi connectivity index (χ4v) is 5.53. The average Bonchev–Trinajstić information content (AvgIpc) is 2.86. The Morgan fingerprint density at radius 1 is 0.571 bits per heavy atom. The van der Waals surface area contributed by atoms with E-state index in [4.69, 9.17) is 0 Å². The van der Waals surface area contributed by atoms with E-state index in [0.717, 1.165) is 0 Å². The number of halogens is 9. The van der Waals surface area contributed by atoms with Crippen molar-refractivity contribution in [3.05, 3.63) is 29.8 Å². The highest BCUT2D eigenvalue weighted by atomic mass is 32.2. The zero-order valence-electron chi connectivity index (χ0n) is 22.0. The van der Waals surface area contributed by atoms with Gasteiger partial charge in [-0.3, -0.25) is 14.4 Å². The number of benzene rings is 1. The third-order valence-electron chi connectivity index (χ3n) is 6.20. The number of nitrogens with zero attached hydrogens (tertiary/aromatic N) is 4. The highest BCUT2D eigenvalue weighted by Crippen LogP contribution is 2.24. The van der Waals surface area contributed by atoms with E-state index < -0.39 is 111 Å². The predicted octanol–water partition coefficient (Wildman–Crippen LogP) is 2.95. The molecule has 0 atom stereocenters. The second-order valence-electron chi connectivity index (χ2n) is 9.29. The standard InChI is InChI=1S/C23H27F9N4O5S/c1-16-4-6-17(7-5-16)42(40,41)36-11-3-10-34(19(38)22(27,28)29)13-12-33(18(37)21(24,25)26)8-2-9-35(14-15-36)20(39)23(30,31)32/h4-7H,2-3,8-15H2,1H3. The molecule has 0 aromatic heterocycles. The molecule has 1 heterocycles. The van der Waals surface area contributed by atoms with E-state index in [0.29, 0.717) is 9.87 Å². The van der Waals surface area contributed by atoms with Crippen LogP contribution in [-0.2, 0) is 24.4 Å². The van der Waals surface area contributed by atoms with Crippen molar-refractivity contribution in [3.8, 4) is 0 Å². The Kier molecular flexibility index (Phi) is 11.3. The summed E-state index contributed by atoms with van der Waals surface area (Å²) in [6.45, 7) is -5.38. The summed E-state index contributed by atoms with van der Waals surface area (Å²) in [5.74, 6) is -7.35. The molecule has 0 bridgehead atoms. The SMILES string of the molecule is Cc1ccc(S(=O)(=O)N2CCCN(C(=O)C(F)(F)F)CCN(C(=O)C(F)(F)F)CCCN(C(=O)C(F)(F)F)CC2)cc1. The number of aryl methyl sites for hydroxylation is 1. The molecule has 0 unspecified atom stereocenters. The number of alkyl halides is 9. The van der Waals surface area contributed by atoms with Crippen LogP contribution in [0.5, 0.6) is 0 Å². The first-order valence-electron chi connectivity index (χ1n) is 12.3. The Labute approximate surface area is 234 Å². The van der Waals surface area contributed by atoms with Crippen molar-refractivity contribution in [2.45, 2.75) is 43.2 Å². The molecule has 1 aromatic carbocycles. The Morgan fingerprint density at radius 2 is 0.905 bits per heavy atom. The summed E-state index contributed by atoms with van der Waals surface area (Å²) in [6, 6.07) is 5.24. The minimum atomic E-state index is -5.49. The van der Waals surface area contributed by atoms with Crippen LogP contribution < -0.4 is 0 Å². The van der Waals surface area contributed by atoms with E-state index in [-0.39, 0.29) is 19.6 Å². The highest BCUT2D eigenvalue weighted by molar-refractivity contribution is 7.89. The summed E-state index contributed by atoms with van der Waals surface area (Å²) < 4.78 is 146. The van der Waals surface area contributed by atoms with Crippen LogP contribution in [0.25, 0.3) is 0 Å². The van der Waals surface area contributed by atoms with E-state index in [1.807, 2.05) is 0 Å². The van der Waals surface area contributed by atoms with E-state index in [1.54, 1.807) is 6.92 Å². The molecule has 0 aliphatic carbocycles. The van der Waals surface area contributed by atoms with Crippen molar-refractivity contribution >= 4 is 27.7 Å². The quantitative estimate of drug-likeness (QED) is 0.463. The first-order chi connectivity index (χ1) is 19.2. The van der Waals surface area contributed by atoms with Gasteiger partial charge in [0.05, 0.1) is 4.90 Å². The summed E-state index contributed by atoms with van der Waals surface area (Å²) in [5.41, 5.74) is 0.663. The molecule has 1 aromatic rings. The second-order valence-corrected chi connectivity index (χ2v) is 11.2. The van der Waals surface area contributed by atoms with Gasteiger partial charge in [0, 0.05) is 52.4 Å². The monoisotopic (exact) mass is 642 g/mol. The topological polar surface area (TPSA) is 98.3 Å². The number of hydrogen-bond acceptors (Lipinski definition) is 5. The number of carbonyl (C=O) groups excluding carboxylic acids is 3. The Morgan fingerprint density at radius 3 is 1.26 bits per heavy atom. The van der Waals surface area contributed by atoms with Crippen molar-refractivity contribution in [3.63, 3.8) is 0 Å². The van der Waals surface area contributed by atoms with Crippen LogP contribution in [0.3, 0.4) is 0 Å². The number of rotatable bonds is 2. The molecule has 42 heavy (non-hydrogen) atoms. The van der Waals surface area contributed by atoms with Crippen LogP contribution in [-0.4, -0.2) is 116 Å². The van der Waals surface area contributed by atoms with Crippen molar-refractivity contribution in [2.24, 2.45) is 0 Å². The number of sulfonamides is 1. The summed E-state index contributed by atoms with van der Waals surface area (Å²) in [5, 5.41) is 0. The molecule has 0 spiro atoms. The summed E-state index contributed by atoms with van der Waals surface area (Å²) in [7, 11) is -4.46. The summed E-state index contributed by atoms with van der Waals surface area (Å²) >= 11 is 0. The molecule has 1 aliphatic rings. The molecule has 1 fully saturated rings. The average molecular weight is 643 g/mol. The van der Waals surface area contributed by atoms with Gasteiger partial charge in [-0.05, 0) is 31.9 Å². The molecular formula is C23H27F9N4O5S. The van der Waals surface area contributed by atoms with Crippen LogP contribution in [0.1, 0.15) is 18.4 Å². The Balaban J connectivity index is 2.47. The third kappa shape index (κ3) is 9.47. The van der Waals surface area contributed by atoms with Crippen LogP contribution in [0.2, 0.25) is 0 Å². The molecule has 0 saturated carbocycles. The number of carbonyl (C=O) groups is 3. The fraction of sp³-hybridized carbons (Fsp3) is 0.609. The van der Waals surface area contributed by atoms with Gasteiger partial charge >= 0.3 is 36.3 Å². The van der Waals surface area contributed by atoms with Crippen molar-refractivity contribution in [1.82, 2.24) is 19.0 Å². The molecule has 1 saturated heterocycles. The van der Waals surface area contributed by atoms with E-state index in [9.17, 15) is 62.3 Å². The lowest BCUT2D eigenvalue weighted by Gasteiger charge is -2.32. The Bertz CT molecular complexity index is 1220. The third-order valence-corrected chi connectivity index (χ3v) is 8.11. The van der Waals surface area contributed by atoms with Crippen LogP contribution in [0.15, 0.2) is 29.2 Å². The lowest BCUT2D eigenvalue weighted by molar-refractivity contribution is -0.189. The zero-order valence-corrected chi connectivity index (χ0v) is 22.8. The van der Waals surface area contributed by atoms with Gasteiger partial charge in [-0.2, -0.15) is 43.8 Å². The molecule has 2 rings (SSSR count). The fourth-order valence-electron chi connectivity index (χ4n) is 4.06. The van der Waals surface area contributed by atoms with Gasteiger partial charge < -0.3 is 14.7 Å². The van der Waals surface area contributed by atoms with E-state index in [2.05, 4.69) is 0 Å². The van der Waals surface area contributed by atoms with Crippen LogP contribution in [0, 0.1) is 6.92 Å². The maximum atomic E-state index is 13.3. The molecule has 3 amide bonds. The molecular weight excluding hydrogens is 615 g/mol. The molecule has 0 N–H and O–H groups in total. The number of hydrogen-bond donors (Lipinski definition) is 0. The zero-order chi connectivity index (χ0) is 32.1. The van der Waals surface area contributed by atoms with Crippen LogP contribution >= 0.6 is 0 Å². The normalized spacial score (nSPS) is 18.0. The maximum Gasteiger partial charge on any atom is 0.471 e.